The van der Waals surface area contributed by atoms with E-state index in [4.69, 9.17) is 0 Å². The van der Waals surface area contributed by atoms with E-state index in [0.29, 0.717) is 23.4 Å². The molecule has 3 aromatic rings. The summed E-state index contributed by atoms with van der Waals surface area (Å²) in [5.74, 6) is -0.305. The fourth-order valence-corrected chi connectivity index (χ4v) is 2.73. The third-order valence-corrected chi connectivity index (χ3v) is 4.03. The van der Waals surface area contributed by atoms with Gasteiger partial charge in [-0.1, -0.05) is 42.5 Å². The number of nitrogens with zero attached hydrogens (tertiary/aromatic N) is 1. The van der Waals surface area contributed by atoms with Gasteiger partial charge < -0.3 is 10.2 Å². The average molecular weight is 344 g/mol. The molecule has 0 fully saturated rings. The normalized spacial score (nSPS) is 10.2. The molecule has 3 aromatic carbocycles. The Morgan fingerprint density at radius 3 is 2.08 bits per heavy atom. The molecule has 0 radical (unpaired) electrons. The molecule has 0 unspecified atom stereocenters. The van der Waals surface area contributed by atoms with Crippen molar-refractivity contribution < 1.29 is 9.59 Å². The molecule has 0 saturated heterocycles. The maximum atomic E-state index is 12.9. The fourth-order valence-electron chi connectivity index (χ4n) is 2.73. The zero-order valence-corrected chi connectivity index (χ0v) is 14.6. The summed E-state index contributed by atoms with van der Waals surface area (Å²) in [4.78, 5) is 26.9. The van der Waals surface area contributed by atoms with Crippen molar-refractivity contribution in [2.75, 3.05) is 16.8 Å². The molecule has 0 aliphatic carbocycles. The van der Waals surface area contributed by atoms with Crippen molar-refractivity contribution in [3.8, 4) is 0 Å². The molecule has 130 valence electrons. The van der Waals surface area contributed by atoms with Crippen LogP contribution in [0.25, 0.3) is 0 Å². The molecule has 4 nitrogen and oxygen atoms in total. The summed E-state index contributed by atoms with van der Waals surface area (Å²) in [5, 5.41) is 2.84. The number of para-hydroxylation sites is 1. The molecule has 0 aliphatic rings. The van der Waals surface area contributed by atoms with Crippen LogP contribution < -0.4 is 10.2 Å². The summed E-state index contributed by atoms with van der Waals surface area (Å²) in [7, 11) is 0. The molecule has 0 atom stereocenters. The first-order chi connectivity index (χ1) is 12.7. The Morgan fingerprint density at radius 1 is 0.808 bits per heavy atom. The van der Waals surface area contributed by atoms with E-state index in [0.717, 1.165) is 5.69 Å². The highest BCUT2D eigenvalue weighted by Gasteiger charge is 2.16. The Labute approximate surface area is 153 Å². The standard InChI is InChI=1S/C22H20N2O2/c1-2-24(20-14-7-4-8-15-20)22(26)18-12-9-13-19(16-18)23-21(25)17-10-5-3-6-11-17/h3-16H,2H2,1H3,(H,23,25). The number of rotatable bonds is 5. The number of benzene rings is 3. The van der Waals surface area contributed by atoms with E-state index in [1.54, 1.807) is 41.3 Å². The highest BCUT2D eigenvalue weighted by molar-refractivity contribution is 6.08. The second-order valence-corrected chi connectivity index (χ2v) is 5.79. The van der Waals surface area contributed by atoms with Crippen molar-refractivity contribution in [3.63, 3.8) is 0 Å². The number of amides is 2. The van der Waals surface area contributed by atoms with Crippen LogP contribution >= 0.6 is 0 Å². The number of carbonyl (C=O) groups is 2. The van der Waals surface area contributed by atoms with Gasteiger partial charge in [0.2, 0.25) is 0 Å². The van der Waals surface area contributed by atoms with Gasteiger partial charge in [-0.15, -0.1) is 0 Å². The summed E-state index contributed by atoms with van der Waals surface area (Å²) in [6, 6.07) is 25.5. The minimum atomic E-state index is -0.203. The van der Waals surface area contributed by atoms with Crippen LogP contribution in [0, 0.1) is 0 Å². The van der Waals surface area contributed by atoms with E-state index >= 15 is 0 Å². The number of anilines is 2. The predicted molar refractivity (Wildman–Crippen MR) is 105 cm³/mol. The fraction of sp³-hybridized carbons (Fsp3) is 0.0909. The Balaban J connectivity index is 1.80. The van der Waals surface area contributed by atoms with Crippen molar-refractivity contribution in [1.82, 2.24) is 0 Å². The highest BCUT2D eigenvalue weighted by Crippen LogP contribution is 2.19. The molecule has 4 heteroatoms. The van der Waals surface area contributed by atoms with Crippen molar-refractivity contribution in [2.24, 2.45) is 0 Å². The van der Waals surface area contributed by atoms with E-state index in [1.807, 2.05) is 55.5 Å². The van der Waals surface area contributed by atoms with Crippen molar-refractivity contribution in [2.45, 2.75) is 6.92 Å². The van der Waals surface area contributed by atoms with Crippen LogP contribution in [0.5, 0.6) is 0 Å². The average Bonchev–Trinajstić information content (AvgIpc) is 2.70. The first-order valence-electron chi connectivity index (χ1n) is 8.52. The van der Waals surface area contributed by atoms with Crippen molar-refractivity contribution in [1.29, 1.82) is 0 Å². The molecule has 0 aromatic heterocycles. The SMILES string of the molecule is CCN(C(=O)c1cccc(NC(=O)c2ccccc2)c1)c1ccccc1. The van der Waals surface area contributed by atoms with Crippen LogP contribution in [0.2, 0.25) is 0 Å². The first-order valence-corrected chi connectivity index (χ1v) is 8.52. The van der Waals surface area contributed by atoms with Gasteiger partial charge in [0.15, 0.2) is 0 Å². The quantitative estimate of drug-likeness (QED) is 0.735. The minimum absolute atomic E-state index is 0.102. The van der Waals surface area contributed by atoms with Crippen LogP contribution in [0.3, 0.4) is 0 Å². The van der Waals surface area contributed by atoms with Gasteiger partial charge in [0.1, 0.15) is 0 Å². The lowest BCUT2D eigenvalue weighted by molar-refractivity contribution is 0.0985. The lowest BCUT2D eigenvalue weighted by Gasteiger charge is -2.21. The van der Waals surface area contributed by atoms with E-state index in [1.165, 1.54) is 0 Å². The topological polar surface area (TPSA) is 49.4 Å². The maximum Gasteiger partial charge on any atom is 0.258 e. The van der Waals surface area contributed by atoms with E-state index in [9.17, 15) is 9.59 Å². The van der Waals surface area contributed by atoms with Crippen LogP contribution in [0.1, 0.15) is 27.6 Å². The third-order valence-electron chi connectivity index (χ3n) is 4.03. The molecule has 3 rings (SSSR count). The number of nitrogens with one attached hydrogen (secondary N) is 1. The summed E-state index contributed by atoms with van der Waals surface area (Å²) in [5.41, 5.74) is 2.54. The van der Waals surface area contributed by atoms with Gasteiger partial charge in [-0.3, -0.25) is 9.59 Å². The predicted octanol–water partition coefficient (Wildman–Crippen LogP) is 4.61. The summed E-state index contributed by atoms with van der Waals surface area (Å²) in [6.07, 6.45) is 0. The lowest BCUT2D eigenvalue weighted by atomic mass is 10.1. The van der Waals surface area contributed by atoms with E-state index in [2.05, 4.69) is 5.32 Å². The number of hydrogen-bond acceptors (Lipinski definition) is 2. The smallest absolute Gasteiger partial charge is 0.258 e. The molecule has 0 saturated carbocycles. The second-order valence-electron chi connectivity index (χ2n) is 5.79. The first kappa shape index (κ1) is 17.4. The van der Waals surface area contributed by atoms with Gasteiger partial charge in [0.25, 0.3) is 11.8 Å². The number of carbonyl (C=O) groups excluding carboxylic acids is 2. The molecule has 0 spiro atoms. The molecular formula is C22H20N2O2. The second kappa shape index (κ2) is 8.12. The summed E-state index contributed by atoms with van der Waals surface area (Å²) < 4.78 is 0. The Hall–Kier alpha value is -3.40. The monoisotopic (exact) mass is 344 g/mol. The molecule has 0 bridgehead atoms. The van der Waals surface area contributed by atoms with Gasteiger partial charge >= 0.3 is 0 Å². The third kappa shape index (κ3) is 3.98. The zero-order valence-electron chi connectivity index (χ0n) is 14.6. The highest BCUT2D eigenvalue weighted by atomic mass is 16.2. The summed E-state index contributed by atoms with van der Waals surface area (Å²) >= 11 is 0. The molecule has 0 heterocycles. The number of hydrogen-bond donors (Lipinski definition) is 1. The van der Waals surface area contributed by atoms with Gasteiger partial charge in [-0.2, -0.15) is 0 Å². The molecule has 2 amide bonds. The van der Waals surface area contributed by atoms with E-state index < -0.39 is 0 Å². The van der Waals surface area contributed by atoms with Crippen molar-refractivity contribution in [3.05, 3.63) is 96.1 Å². The van der Waals surface area contributed by atoms with Gasteiger partial charge in [-0.25, -0.2) is 0 Å². The Bertz CT molecular complexity index is 892. The molecule has 0 aliphatic heterocycles. The largest absolute Gasteiger partial charge is 0.322 e. The van der Waals surface area contributed by atoms with Crippen LogP contribution in [-0.2, 0) is 0 Å². The van der Waals surface area contributed by atoms with Crippen molar-refractivity contribution >= 4 is 23.2 Å². The maximum absolute atomic E-state index is 12.9. The van der Waals surface area contributed by atoms with Gasteiger partial charge in [-0.05, 0) is 49.4 Å². The Morgan fingerprint density at radius 2 is 1.42 bits per heavy atom. The van der Waals surface area contributed by atoms with Crippen LogP contribution in [0.15, 0.2) is 84.9 Å². The summed E-state index contributed by atoms with van der Waals surface area (Å²) in [6.45, 7) is 2.50. The Kier molecular flexibility index (Phi) is 5.44. The minimum Gasteiger partial charge on any atom is -0.322 e. The van der Waals surface area contributed by atoms with Crippen LogP contribution in [-0.4, -0.2) is 18.4 Å². The van der Waals surface area contributed by atoms with Gasteiger partial charge in [0.05, 0.1) is 0 Å². The van der Waals surface area contributed by atoms with E-state index in [-0.39, 0.29) is 11.8 Å². The van der Waals surface area contributed by atoms with Gasteiger partial charge in [0, 0.05) is 29.0 Å². The molecule has 26 heavy (non-hydrogen) atoms. The zero-order chi connectivity index (χ0) is 18.4. The molecule has 1 N–H and O–H groups in total. The molecular weight excluding hydrogens is 324 g/mol. The van der Waals surface area contributed by atoms with Crippen LogP contribution in [0.4, 0.5) is 11.4 Å². The lowest BCUT2D eigenvalue weighted by Crippen LogP contribution is -2.30.